The van der Waals surface area contributed by atoms with Crippen molar-refractivity contribution >= 4 is 0 Å². The molecule has 0 heterocycles. The van der Waals surface area contributed by atoms with Gasteiger partial charge in [0.25, 0.3) is 0 Å². The van der Waals surface area contributed by atoms with Crippen LogP contribution in [-0.4, -0.2) is 0 Å². The van der Waals surface area contributed by atoms with E-state index >= 15 is 0 Å². The van der Waals surface area contributed by atoms with Crippen LogP contribution in [0.3, 0.4) is 0 Å². The second-order valence-electron chi connectivity index (χ2n) is 14.3. The van der Waals surface area contributed by atoms with Gasteiger partial charge in [0.05, 0.1) is 5.41 Å². The normalized spacial score (nSPS) is 11.8. The Morgan fingerprint density at radius 3 is 0.649 bits per heavy atom. The molecule has 0 amide bonds. The first-order valence-corrected chi connectivity index (χ1v) is 19.1. The number of hydrogen-bond acceptors (Lipinski definition) is 0. The Balaban J connectivity index is 1.24. The van der Waals surface area contributed by atoms with Crippen LogP contribution in [0, 0.1) is 47.4 Å². The molecule has 0 saturated heterocycles. The van der Waals surface area contributed by atoms with Crippen LogP contribution in [0.15, 0.2) is 194 Å². The van der Waals surface area contributed by atoms with Crippen molar-refractivity contribution in [3.8, 4) is 69.6 Å². The summed E-state index contributed by atoms with van der Waals surface area (Å²) in [7, 11) is 0. The molecule has 0 bridgehead atoms. The van der Waals surface area contributed by atoms with E-state index in [1.165, 1.54) is 44.5 Å². The van der Waals surface area contributed by atoms with Gasteiger partial charge in [-0.25, -0.2) is 0 Å². The zero-order valence-electron chi connectivity index (χ0n) is 31.0. The first kappa shape index (κ1) is 33.6. The molecule has 0 N–H and O–H groups in total. The molecule has 0 atom stereocenters. The van der Waals surface area contributed by atoms with Gasteiger partial charge < -0.3 is 0 Å². The lowest BCUT2D eigenvalue weighted by atomic mass is 9.69. The summed E-state index contributed by atoms with van der Waals surface area (Å²) in [5.41, 5.74) is 16.7. The minimum atomic E-state index is -0.668. The van der Waals surface area contributed by atoms with E-state index < -0.39 is 5.41 Å². The summed E-state index contributed by atoms with van der Waals surface area (Å²) < 4.78 is 0. The molecule has 260 valence electrons. The Labute approximate surface area is 334 Å². The van der Waals surface area contributed by atoms with Crippen molar-refractivity contribution < 1.29 is 0 Å². The van der Waals surface area contributed by atoms with Crippen molar-refractivity contribution in [2.75, 3.05) is 0 Å². The van der Waals surface area contributed by atoms with Crippen LogP contribution in [-0.2, 0) is 5.41 Å². The molecule has 0 nitrogen and oxygen atoms in total. The van der Waals surface area contributed by atoms with E-state index in [0.29, 0.717) is 0 Å². The van der Waals surface area contributed by atoms with Crippen LogP contribution in [0.2, 0.25) is 0 Å². The van der Waals surface area contributed by atoms with Crippen molar-refractivity contribution in [3.63, 3.8) is 0 Å². The van der Waals surface area contributed by atoms with Gasteiger partial charge in [0.2, 0.25) is 0 Å². The topological polar surface area (TPSA) is 0 Å². The first-order valence-electron chi connectivity index (χ1n) is 19.1. The summed E-state index contributed by atoms with van der Waals surface area (Å²) in [5, 5.41) is 0. The quantitative estimate of drug-likeness (QED) is 0.137. The van der Waals surface area contributed by atoms with E-state index in [-0.39, 0.29) is 0 Å². The largest absolute Gasteiger partial charge is 0.0727 e. The summed E-state index contributed by atoms with van der Waals surface area (Å²) in [6.45, 7) is 0. The van der Waals surface area contributed by atoms with Gasteiger partial charge in [-0.15, -0.1) is 0 Å². The van der Waals surface area contributed by atoms with E-state index in [1.807, 2.05) is 72.8 Å². The van der Waals surface area contributed by atoms with Gasteiger partial charge in [0, 0.05) is 44.5 Å². The van der Waals surface area contributed by atoms with Crippen molar-refractivity contribution in [1.82, 2.24) is 0 Å². The highest BCUT2D eigenvalue weighted by Gasteiger charge is 2.52. The van der Waals surface area contributed by atoms with Gasteiger partial charge in [-0.05, 0) is 142 Å². The molecule has 1 spiro atoms. The molecule has 0 radical (unpaired) electrons. The van der Waals surface area contributed by atoms with Crippen LogP contribution < -0.4 is 0 Å². The minimum Gasteiger partial charge on any atom is -0.0622 e. The highest BCUT2D eigenvalue weighted by molar-refractivity contribution is 5.96. The van der Waals surface area contributed by atoms with E-state index in [9.17, 15) is 0 Å². The second kappa shape index (κ2) is 14.3. The Hall–Kier alpha value is -8.00. The van der Waals surface area contributed by atoms with Gasteiger partial charge in [-0.2, -0.15) is 0 Å². The highest BCUT2D eigenvalue weighted by Crippen LogP contribution is 2.63. The van der Waals surface area contributed by atoms with Crippen LogP contribution in [0.5, 0.6) is 0 Å². The van der Waals surface area contributed by atoms with Gasteiger partial charge in [-0.1, -0.05) is 144 Å². The Morgan fingerprint density at radius 2 is 0.421 bits per heavy atom. The van der Waals surface area contributed by atoms with Crippen molar-refractivity contribution in [2.24, 2.45) is 0 Å². The molecule has 8 aromatic carbocycles. The molecule has 10 rings (SSSR count). The predicted molar refractivity (Wildman–Crippen MR) is 232 cm³/mol. The summed E-state index contributed by atoms with van der Waals surface area (Å²) in [4.78, 5) is 0. The lowest BCUT2D eigenvalue weighted by Crippen LogP contribution is -2.26. The molecular formula is C57H32. The maximum atomic E-state index is 3.50. The molecule has 2 aliphatic carbocycles. The molecule has 0 fully saturated rings. The van der Waals surface area contributed by atoms with Crippen molar-refractivity contribution in [3.05, 3.63) is 261 Å². The van der Waals surface area contributed by atoms with E-state index in [0.717, 1.165) is 44.5 Å². The third kappa shape index (κ3) is 6.20. The lowest BCUT2D eigenvalue weighted by molar-refractivity contribution is 0.792. The van der Waals surface area contributed by atoms with E-state index in [2.05, 4.69) is 169 Å². The Bertz CT molecular complexity index is 2670. The fourth-order valence-corrected chi connectivity index (χ4v) is 8.20. The first-order chi connectivity index (χ1) is 28.2. The third-order valence-corrected chi connectivity index (χ3v) is 10.8. The average molecular weight is 717 g/mol. The second-order valence-corrected chi connectivity index (χ2v) is 14.3. The zero-order chi connectivity index (χ0) is 38.0. The molecule has 0 aromatic heterocycles. The Kier molecular flexibility index (Phi) is 8.44. The summed E-state index contributed by atoms with van der Waals surface area (Å²) in [5.74, 6) is 27.7. The predicted octanol–water partition coefficient (Wildman–Crippen LogP) is 11.6. The van der Waals surface area contributed by atoms with Gasteiger partial charge in [0.1, 0.15) is 0 Å². The fraction of sp³-hybridized carbons (Fsp3) is 0.0175. The fourth-order valence-electron chi connectivity index (χ4n) is 8.20. The molecule has 0 saturated carbocycles. The average Bonchev–Trinajstić information content (AvgIpc) is 3.73. The molecule has 8 aromatic rings. The van der Waals surface area contributed by atoms with Crippen LogP contribution in [0.4, 0.5) is 0 Å². The zero-order valence-corrected chi connectivity index (χ0v) is 31.0. The maximum absolute atomic E-state index is 3.50. The smallest absolute Gasteiger partial charge is 0.0622 e. The summed E-state index contributed by atoms with van der Waals surface area (Å²) in [6.07, 6.45) is 0. The van der Waals surface area contributed by atoms with Gasteiger partial charge >= 0.3 is 0 Å². The molecule has 0 unspecified atom stereocenters. The number of hydrogen-bond donors (Lipinski definition) is 0. The molecule has 57 heavy (non-hydrogen) atoms. The van der Waals surface area contributed by atoms with Crippen LogP contribution >= 0.6 is 0 Å². The molecule has 0 heteroatoms. The number of rotatable bonds is 0. The van der Waals surface area contributed by atoms with Crippen molar-refractivity contribution in [2.45, 2.75) is 5.41 Å². The highest BCUT2D eigenvalue weighted by atomic mass is 14.5. The van der Waals surface area contributed by atoms with Crippen molar-refractivity contribution in [1.29, 1.82) is 0 Å². The third-order valence-electron chi connectivity index (χ3n) is 10.8. The Morgan fingerprint density at radius 1 is 0.211 bits per heavy atom. The number of benzene rings is 8. The molecule has 0 aliphatic heterocycles. The standard InChI is InChI=1S/C57H32/c1-5-13-41(14-6-1)21-25-45-29-33-49-50-34-30-46(26-22-42-15-7-2-8-16-42)38-54(50)57(53(49)37-45)55-39-47(27-23-43-17-9-3-10-18-43)31-35-51(55)52-36-32-48(40-56(52)57)28-24-44-19-11-4-12-20-44/h1-20,29-40H. The van der Waals surface area contributed by atoms with Gasteiger partial charge in [-0.3, -0.25) is 0 Å². The summed E-state index contributed by atoms with van der Waals surface area (Å²) >= 11 is 0. The minimum absolute atomic E-state index is 0.668. The maximum Gasteiger partial charge on any atom is 0.0727 e. The summed E-state index contributed by atoms with van der Waals surface area (Å²) in [6, 6.07) is 67.6. The van der Waals surface area contributed by atoms with E-state index in [1.54, 1.807) is 0 Å². The molecule has 2 aliphatic rings. The SMILES string of the molecule is C(#Cc1ccc2c(c1)C1(c3cc(C#Cc4ccccc4)ccc3-2)c2cc(C#Cc3ccccc3)ccc2-c2ccc(C#Cc3ccccc3)cc21)c1ccccc1. The van der Waals surface area contributed by atoms with Crippen LogP contribution in [0.25, 0.3) is 22.3 Å². The van der Waals surface area contributed by atoms with Crippen LogP contribution in [0.1, 0.15) is 66.8 Å². The molecular weight excluding hydrogens is 685 g/mol. The van der Waals surface area contributed by atoms with E-state index in [4.69, 9.17) is 0 Å². The van der Waals surface area contributed by atoms with Gasteiger partial charge in [0.15, 0.2) is 0 Å². The monoisotopic (exact) mass is 716 g/mol. The number of fused-ring (bicyclic) bond motifs is 10. The lowest BCUT2D eigenvalue weighted by Gasteiger charge is -2.31.